The average molecular weight is 753 g/mol. The number of rotatable bonds is 0. The highest BCUT2D eigenvalue weighted by atomic mass is 16.6. The predicted molar refractivity (Wildman–Crippen MR) is 227 cm³/mol. The topological polar surface area (TPSA) is 63.3 Å². The van der Waals surface area contributed by atoms with Crippen LogP contribution in [0.1, 0.15) is 167 Å². The summed E-state index contributed by atoms with van der Waals surface area (Å²) in [6.07, 6.45) is 12.7. The molecule has 7 nitrogen and oxygen atoms in total. The van der Waals surface area contributed by atoms with Crippen LogP contribution in [0.4, 0.5) is 0 Å². The van der Waals surface area contributed by atoms with E-state index >= 15 is 0 Å². The molecule has 0 amide bonds. The fourth-order valence-electron chi connectivity index (χ4n) is 7.68. The number of benzene rings is 2. The number of nitrogens with zero attached hydrogens (tertiary/aromatic N) is 4. The first-order valence-corrected chi connectivity index (χ1v) is 20.9. The van der Waals surface area contributed by atoms with Gasteiger partial charge >= 0.3 is 0 Å². The Morgan fingerprint density at radius 1 is 0.582 bits per heavy atom. The fraction of sp³-hybridized carbons (Fsp3) is 0.625. The third kappa shape index (κ3) is 11.1. The summed E-state index contributed by atoms with van der Waals surface area (Å²) < 4.78 is 21.3. The molecular formula is C48H72N4O3. The maximum atomic E-state index is 5.53. The maximum Gasteiger partial charge on any atom is 0.161 e. The minimum absolute atomic E-state index is 0.163. The third-order valence-electron chi connectivity index (χ3n) is 11.1. The molecule has 0 bridgehead atoms. The summed E-state index contributed by atoms with van der Waals surface area (Å²) in [4.78, 5) is 9.02. The highest BCUT2D eigenvalue weighted by molar-refractivity contribution is 5.45. The van der Waals surface area contributed by atoms with Crippen molar-refractivity contribution in [1.29, 1.82) is 0 Å². The van der Waals surface area contributed by atoms with Crippen molar-refractivity contribution in [2.75, 3.05) is 19.8 Å². The summed E-state index contributed by atoms with van der Waals surface area (Å²) in [5.74, 6) is 4.32. The molecule has 0 saturated heterocycles. The van der Waals surface area contributed by atoms with Gasteiger partial charge in [-0.15, -0.1) is 0 Å². The maximum absolute atomic E-state index is 5.53. The van der Waals surface area contributed by atoms with Gasteiger partial charge in [0.25, 0.3) is 0 Å². The van der Waals surface area contributed by atoms with E-state index in [-0.39, 0.29) is 21.7 Å². The first kappa shape index (κ1) is 42.6. The summed E-state index contributed by atoms with van der Waals surface area (Å²) in [5.41, 5.74) is 9.17. The second-order valence-corrected chi connectivity index (χ2v) is 20.0. The van der Waals surface area contributed by atoms with Crippen LogP contribution in [0.25, 0.3) is 0 Å². The van der Waals surface area contributed by atoms with E-state index in [1.807, 2.05) is 6.07 Å². The summed E-state index contributed by atoms with van der Waals surface area (Å²) in [7, 11) is 0. The predicted octanol–water partition coefficient (Wildman–Crippen LogP) is 11.4. The molecule has 0 saturated carbocycles. The van der Waals surface area contributed by atoms with E-state index < -0.39 is 0 Å². The van der Waals surface area contributed by atoms with E-state index in [2.05, 4.69) is 152 Å². The molecule has 0 fully saturated rings. The first-order chi connectivity index (χ1) is 25.7. The van der Waals surface area contributed by atoms with Crippen molar-refractivity contribution in [2.45, 2.75) is 176 Å². The van der Waals surface area contributed by atoms with Gasteiger partial charge in [0.15, 0.2) is 11.5 Å². The largest absolute Gasteiger partial charge is 0.486 e. The standard InChI is InChI=1S/C13H18O.C12H20N2.C12H16O2.C11H18N2/c1-13(2,3)12-5-4-10-6-7-14-9-11(10)8-12;1-9-6-5-7-11-13-8-10(14(9)11)12(2,3)4;1-12(2,3)9-4-5-10-11(8-9)14-7-6-13-10;1-11(2,3)9-8-12-10-6-4-5-7-13(9)10/h4-5,8H,6-7,9H2,1-3H3;8-9H,5-7H2,1-4H3;4-5,8H,6-7H2,1-3H3;8H,4-7H2,1-3H3. The number of hydrogen-bond donors (Lipinski definition) is 0. The number of imidazole rings is 2. The normalized spacial score (nSPS) is 17.8. The van der Waals surface area contributed by atoms with Crippen LogP contribution in [0.15, 0.2) is 48.8 Å². The van der Waals surface area contributed by atoms with Gasteiger partial charge in [-0.2, -0.15) is 0 Å². The summed E-state index contributed by atoms with van der Waals surface area (Å²) in [6, 6.07) is 13.6. The van der Waals surface area contributed by atoms with Gasteiger partial charge in [0.2, 0.25) is 0 Å². The zero-order valence-electron chi connectivity index (χ0n) is 36.7. The summed E-state index contributed by atoms with van der Waals surface area (Å²) >= 11 is 0. The monoisotopic (exact) mass is 753 g/mol. The van der Waals surface area contributed by atoms with E-state index in [9.17, 15) is 0 Å². The molecule has 2 aromatic carbocycles. The van der Waals surface area contributed by atoms with Gasteiger partial charge in [-0.05, 0) is 84.2 Å². The molecule has 4 aliphatic rings. The lowest BCUT2D eigenvalue weighted by Crippen LogP contribution is -2.23. The highest BCUT2D eigenvalue weighted by Crippen LogP contribution is 2.35. The van der Waals surface area contributed by atoms with Gasteiger partial charge in [-0.25, -0.2) is 9.97 Å². The van der Waals surface area contributed by atoms with Crippen LogP contribution in [-0.4, -0.2) is 38.9 Å². The van der Waals surface area contributed by atoms with Crippen LogP contribution < -0.4 is 9.47 Å². The lowest BCUT2D eigenvalue weighted by molar-refractivity contribution is 0.110. The van der Waals surface area contributed by atoms with Crippen LogP contribution in [0.3, 0.4) is 0 Å². The SMILES string of the molecule is CC(C)(C)c1ccc2c(c1)COCC2.CC(C)(C)c1ccc2c(c1)OCCO2.CC(C)(C)c1cnc2n1CCCC2.CC1CCCc2ncc(C(C)(C)C)n21. The highest BCUT2D eigenvalue weighted by Gasteiger charge is 2.27. The Morgan fingerprint density at radius 3 is 1.85 bits per heavy atom. The molecule has 4 aromatic rings. The number of hydrogen-bond acceptors (Lipinski definition) is 5. The Bertz CT molecular complexity index is 1790. The summed E-state index contributed by atoms with van der Waals surface area (Å²) in [5, 5.41) is 0. The average Bonchev–Trinajstić information content (AvgIpc) is 3.78. The Kier molecular flexibility index (Phi) is 13.4. The van der Waals surface area contributed by atoms with E-state index in [4.69, 9.17) is 14.2 Å². The van der Waals surface area contributed by atoms with Gasteiger partial charge in [0.1, 0.15) is 24.9 Å². The van der Waals surface area contributed by atoms with Crippen molar-refractivity contribution in [3.05, 3.63) is 94.1 Å². The first-order valence-electron chi connectivity index (χ1n) is 20.9. The van der Waals surface area contributed by atoms with E-state index in [1.54, 1.807) is 0 Å². The Morgan fingerprint density at radius 2 is 1.18 bits per heavy atom. The minimum atomic E-state index is 0.163. The lowest BCUT2D eigenvalue weighted by Gasteiger charge is -2.28. The molecule has 7 heteroatoms. The molecule has 55 heavy (non-hydrogen) atoms. The number of ether oxygens (including phenoxy) is 3. The van der Waals surface area contributed by atoms with Crippen molar-refractivity contribution in [1.82, 2.24) is 19.1 Å². The Hall–Kier alpha value is -3.58. The lowest BCUT2D eigenvalue weighted by atomic mass is 9.85. The van der Waals surface area contributed by atoms with Gasteiger partial charge in [-0.3, -0.25) is 0 Å². The van der Waals surface area contributed by atoms with Crippen molar-refractivity contribution < 1.29 is 14.2 Å². The molecule has 0 spiro atoms. The van der Waals surface area contributed by atoms with E-state index in [1.165, 1.54) is 77.5 Å². The van der Waals surface area contributed by atoms with Crippen molar-refractivity contribution in [3.63, 3.8) is 0 Å². The Labute approximate surface area is 333 Å². The third-order valence-corrected chi connectivity index (χ3v) is 11.1. The quantitative estimate of drug-likeness (QED) is 0.179. The molecule has 8 rings (SSSR count). The molecule has 1 unspecified atom stereocenters. The van der Waals surface area contributed by atoms with Crippen molar-refractivity contribution in [3.8, 4) is 11.5 Å². The zero-order chi connectivity index (χ0) is 40.2. The number of fused-ring (bicyclic) bond motifs is 4. The zero-order valence-corrected chi connectivity index (χ0v) is 36.7. The van der Waals surface area contributed by atoms with Crippen LogP contribution in [0, 0.1) is 0 Å². The summed E-state index contributed by atoms with van der Waals surface area (Å²) in [6.45, 7) is 33.3. The van der Waals surface area contributed by atoms with Crippen LogP contribution in [-0.2, 0) is 58.8 Å². The second kappa shape index (κ2) is 17.3. The van der Waals surface area contributed by atoms with Gasteiger partial charge in [-0.1, -0.05) is 107 Å². The molecule has 302 valence electrons. The fourth-order valence-corrected chi connectivity index (χ4v) is 7.68. The Balaban J connectivity index is 0.000000141. The van der Waals surface area contributed by atoms with Crippen LogP contribution in [0.2, 0.25) is 0 Å². The molecule has 0 radical (unpaired) electrons. The van der Waals surface area contributed by atoms with Gasteiger partial charge < -0.3 is 23.3 Å². The molecular weight excluding hydrogens is 681 g/mol. The smallest absolute Gasteiger partial charge is 0.161 e. The van der Waals surface area contributed by atoms with Crippen molar-refractivity contribution in [2.24, 2.45) is 0 Å². The van der Waals surface area contributed by atoms with Gasteiger partial charge in [0, 0.05) is 60.0 Å². The molecule has 4 aliphatic heterocycles. The number of aryl methyl sites for hydroxylation is 2. The van der Waals surface area contributed by atoms with Crippen molar-refractivity contribution >= 4 is 0 Å². The molecule has 6 heterocycles. The minimum Gasteiger partial charge on any atom is -0.486 e. The van der Waals surface area contributed by atoms with Gasteiger partial charge in [0.05, 0.1) is 13.2 Å². The van der Waals surface area contributed by atoms with E-state index in [0.717, 1.165) is 44.0 Å². The van der Waals surface area contributed by atoms with E-state index in [0.29, 0.717) is 19.3 Å². The molecule has 0 aliphatic carbocycles. The molecule has 2 aromatic heterocycles. The van der Waals surface area contributed by atoms with Crippen LogP contribution in [0.5, 0.6) is 11.5 Å². The number of aromatic nitrogens is 4. The van der Waals surface area contributed by atoms with Crippen LogP contribution >= 0.6 is 0 Å². The molecule has 1 atom stereocenters. The second-order valence-electron chi connectivity index (χ2n) is 20.0. The molecule has 0 N–H and O–H groups in total.